The van der Waals surface area contributed by atoms with Gasteiger partial charge in [0.05, 0.1) is 6.10 Å². The number of aliphatic hydroxyl groups is 1. The average molecular weight is 168 g/mol. The molecule has 1 N–H and O–H groups in total. The summed E-state index contributed by atoms with van der Waals surface area (Å²) in [6.07, 6.45) is 2.64. The molecule has 0 spiro atoms. The van der Waals surface area contributed by atoms with Crippen LogP contribution in [0.4, 0.5) is 0 Å². The zero-order chi connectivity index (χ0) is 8.88. The molecule has 0 saturated heterocycles. The molecule has 2 rings (SSSR count). The maximum Gasteiger partial charge on any atom is 0.0545 e. The Morgan fingerprint density at radius 2 is 2.08 bits per heavy atom. The van der Waals surface area contributed by atoms with Gasteiger partial charge in [-0.15, -0.1) is 0 Å². The summed E-state index contributed by atoms with van der Waals surface area (Å²) in [6.45, 7) is 6.59. The molecule has 0 aromatic carbocycles. The van der Waals surface area contributed by atoms with Gasteiger partial charge in [-0.3, -0.25) is 0 Å². The minimum atomic E-state index is -0.0773. The molecule has 2 saturated carbocycles. The lowest BCUT2D eigenvalue weighted by Crippen LogP contribution is -2.25. The van der Waals surface area contributed by atoms with Crippen LogP contribution in [-0.4, -0.2) is 11.2 Å². The van der Waals surface area contributed by atoms with E-state index in [1.54, 1.807) is 0 Å². The van der Waals surface area contributed by atoms with Crippen LogP contribution in [0.25, 0.3) is 0 Å². The maximum absolute atomic E-state index is 9.63. The van der Waals surface area contributed by atoms with Crippen molar-refractivity contribution in [1.29, 1.82) is 0 Å². The molecule has 0 bridgehead atoms. The van der Waals surface area contributed by atoms with Gasteiger partial charge in [0.25, 0.3) is 0 Å². The van der Waals surface area contributed by atoms with E-state index in [1.807, 2.05) is 6.92 Å². The van der Waals surface area contributed by atoms with Crippen molar-refractivity contribution < 1.29 is 5.11 Å². The van der Waals surface area contributed by atoms with Crippen LogP contribution >= 0.6 is 0 Å². The van der Waals surface area contributed by atoms with Gasteiger partial charge in [0.15, 0.2) is 0 Å². The Bertz CT molecular complexity index is 176. The second-order valence-electron chi connectivity index (χ2n) is 4.81. The zero-order valence-corrected chi connectivity index (χ0v) is 8.33. The molecule has 0 aromatic heterocycles. The van der Waals surface area contributed by atoms with Crippen LogP contribution in [0.15, 0.2) is 0 Å². The van der Waals surface area contributed by atoms with E-state index < -0.39 is 0 Å². The molecule has 6 atom stereocenters. The van der Waals surface area contributed by atoms with Gasteiger partial charge in [-0.05, 0) is 42.9 Å². The molecule has 0 aromatic rings. The number of fused-ring (bicyclic) bond motifs is 1. The molecule has 0 radical (unpaired) electrons. The second kappa shape index (κ2) is 2.73. The topological polar surface area (TPSA) is 20.2 Å². The summed E-state index contributed by atoms with van der Waals surface area (Å²) in [5.41, 5.74) is 0. The SMILES string of the molecule is CCC1C(C)C(C(C)O)C2CC12. The van der Waals surface area contributed by atoms with Crippen molar-refractivity contribution in [1.82, 2.24) is 0 Å². The van der Waals surface area contributed by atoms with Gasteiger partial charge < -0.3 is 5.11 Å². The van der Waals surface area contributed by atoms with Crippen LogP contribution < -0.4 is 0 Å². The maximum atomic E-state index is 9.63. The number of hydrogen-bond donors (Lipinski definition) is 1. The van der Waals surface area contributed by atoms with Crippen molar-refractivity contribution >= 4 is 0 Å². The standard InChI is InChI=1S/C11H20O/c1-4-8-6(2)11(7(3)12)10-5-9(8)10/h6-12H,4-5H2,1-3H3. The molecule has 6 unspecified atom stereocenters. The largest absolute Gasteiger partial charge is 0.393 e. The van der Waals surface area contributed by atoms with Crippen molar-refractivity contribution in [2.24, 2.45) is 29.6 Å². The number of hydrogen-bond acceptors (Lipinski definition) is 1. The van der Waals surface area contributed by atoms with E-state index in [2.05, 4.69) is 13.8 Å². The van der Waals surface area contributed by atoms with Gasteiger partial charge in [0.2, 0.25) is 0 Å². The Morgan fingerprint density at radius 3 is 2.42 bits per heavy atom. The molecule has 12 heavy (non-hydrogen) atoms. The smallest absolute Gasteiger partial charge is 0.0545 e. The highest BCUT2D eigenvalue weighted by Crippen LogP contribution is 2.62. The normalized spacial score (nSPS) is 53.5. The predicted molar refractivity (Wildman–Crippen MR) is 49.7 cm³/mol. The highest BCUT2D eigenvalue weighted by atomic mass is 16.3. The zero-order valence-electron chi connectivity index (χ0n) is 8.33. The van der Waals surface area contributed by atoms with E-state index in [4.69, 9.17) is 0 Å². The Balaban J connectivity index is 2.09. The molecular formula is C11H20O. The van der Waals surface area contributed by atoms with Crippen molar-refractivity contribution in [2.45, 2.75) is 39.7 Å². The van der Waals surface area contributed by atoms with Crippen LogP contribution in [0.5, 0.6) is 0 Å². The van der Waals surface area contributed by atoms with E-state index in [-0.39, 0.29) is 6.10 Å². The van der Waals surface area contributed by atoms with E-state index in [9.17, 15) is 5.11 Å². The fourth-order valence-electron chi connectivity index (χ4n) is 3.71. The van der Waals surface area contributed by atoms with Gasteiger partial charge >= 0.3 is 0 Å². The lowest BCUT2D eigenvalue weighted by molar-refractivity contribution is 0.0809. The van der Waals surface area contributed by atoms with Crippen LogP contribution in [-0.2, 0) is 0 Å². The molecule has 1 heteroatoms. The molecule has 0 aliphatic heterocycles. The number of aliphatic hydroxyl groups excluding tert-OH is 1. The molecule has 2 aliphatic rings. The van der Waals surface area contributed by atoms with E-state index >= 15 is 0 Å². The van der Waals surface area contributed by atoms with Gasteiger partial charge in [0, 0.05) is 0 Å². The van der Waals surface area contributed by atoms with Crippen LogP contribution in [0.3, 0.4) is 0 Å². The number of rotatable bonds is 2. The Morgan fingerprint density at radius 1 is 1.42 bits per heavy atom. The Labute approximate surface area is 75.2 Å². The summed E-state index contributed by atoms with van der Waals surface area (Å²) in [5.74, 6) is 4.14. The second-order valence-corrected chi connectivity index (χ2v) is 4.81. The molecule has 0 heterocycles. The fraction of sp³-hybridized carbons (Fsp3) is 1.00. The lowest BCUT2D eigenvalue weighted by Gasteiger charge is -2.26. The van der Waals surface area contributed by atoms with Gasteiger partial charge in [-0.25, -0.2) is 0 Å². The van der Waals surface area contributed by atoms with E-state index in [0.29, 0.717) is 5.92 Å². The third-order valence-electron chi connectivity index (χ3n) is 4.25. The van der Waals surface area contributed by atoms with E-state index in [0.717, 1.165) is 23.7 Å². The summed E-state index contributed by atoms with van der Waals surface area (Å²) in [6, 6.07) is 0. The quantitative estimate of drug-likeness (QED) is 0.670. The lowest BCUT2D eigenvalue weighted by atomic mass is 9.82. The average Bonchev–Trinajstić information content (AvgIpc) is 2.65. The highest BCUT2D eigenvalue weighted by Gasteiger charge is 2.58. The summed E-state index contributed by atoms with van der Waals surface area (Å²) >= 11 is 0. The predicted octanol–water partition coefficient (Wildman–Crippen LogP) is 2.30. The third kappa shape index (κ3) is 1.02. The monoisotopic (exact) mass is 168 g/mol. The minimum Gasteiger partial charge on any atom is -0.393 e. The van der Waals surface area contributed by atoms with Crippen LogP contribution in [0, 0.1) is 29.6 Å². The third-order valence-corrected chi connectivity index (χ3v) is 4.25. The first-order valence-corrected chi connectivity index (χ1v) is 5.34. The highest BCUT2D eigenvalue weighted by molar-refractivity contribution is 5.06. The van der Waals surface area contributed by atoms with Crippen molar-refractivity contribution in [3.63, 3.8) is 0 Å². The van der Waals surface area contributed by atoms with Gasteiger partial charge in [0.1, 0.15) is 0 Å². The fourth-order valence-corrected chi connectivity index (χ4v) is 3.71. The molecule has 70 valence electrons. The summed E-state index contributed by atoms with van der Waals surface area (Å²) in [7, 11) is 0. The first-order valence-electron chi connectivity index (χ1n) is 5.34. The summed E-state index contributed by atoms with van der Waals surface area (Å²) in [5, 5.41) is 9.63. The van der Waals surface area contributed by atoms with Gasteiger partial charge in [-0.1, -0.05) is 20.3 Å². The minimum absolute atomic E-state index is 0.0773. The molecule has 1 nitrogen and oxygen atoms in total. The van der Waals surface area contributed by atoms with Crippen molar-refractivity contribution in [3.05, 3.63) is 0 Å². The van der Waals surface area contributed by atoms with Gasteiger partial charge in [-0.2, -0.15) is 0 Å². The van der Waals surface area contributed by atoms with Crippen LogP contribution in [0.2, 0.25) is 0 Å². The first kappa shape index (κ1) is 8.55. The Hall–Kier alpha value is -0.0400. The van der Waals surface area contributed by atoms with Crippen molar-refractivity contribution in [3.8, 4) is 0 Å². The molecule has 2 aliphatic carbocycles. The molecule has 0 amide bonds. The first-order chi connectivity index (χ1) is 5.66. The molecule has 2 fully saturated rings. The van der Waals surface area contributed by atoms with E-state index in [1.165, 1.54) is 12.8 Å². The summed E-state index contributed by atoms with van der Waals surface area (Å²) in [4.78, 5) is 0. The van der Waals surface area contributed by atoms with Crippen molar-refractivity contribution in [2.75, 3.05) is 0 Å². The van der Waals surface area contributed by atoms with Crippen LogP contribution in [0.1, 0.15) is 33.6 Å². The molecular weight excluding hydrogens is 148 g/mol. The summed E-state index contributed by atoms with van der Waals surface area (Å²) < 4.78 is 0. The Kier molecular flexibility index (Phi) is 1.95.